The Morgan fingerprint density at radius 2 is 2.14 bits per heavy atom. The van der Waals surface area contributed by atoms with Crippen LogP contribution in [0.1, 0.15) is 12.8 Å². The van der Waals surface area contributed by atoms with Crippen molar-refractivity contribution in [1.29, 1.82) is 0 Å². The number of halogens is 1. The van der Waals surface area contributed by atoms with Crippen molar-refractivity contribution in [1.82, 2.24) is 9.97 Å². The van der Waals surface area contributed by atoms with Crippen LogP contribution in [0.4, 0.5) is 5.82 Å². The van der Waals surface area contributed by atoms with Gasteiger partial charge >= 0.3 is 0 Å². The average molecular weight is 256 g/mol. The highest BCUT2D eigenvalue weighted by molar-refractivity contribution is 9.09. The molecule has 0 bridgehead atoms. The molecule has 0 N–H and O–H groups in total. The summed E-state index contributed by atoms with van der Waals surface area (Å²) in [5.74, 6) is 1.85. The second-order valence-corrected chi connectivity index (χ2v) is 4.30. The Morgan fingerprint density at radius 3 is 2.71 bits per heavy atom. The van der Waals surface area contributed by atoms with Crippen LogP contribution < -0.4 is 4.90 Å². The van der Waals surface area contributed by atoms with Crippen LogP contribution in [-0.4, -0.2) is 28.4 Å². The fraction of sp³-hybridized carbons (Fsp3) is 0.600. The molecule has 2 rings (SSSR count). The molecular weight excluding hydrogens is 242 g/mol. The predicted molar refractivity (Wildman–Crippen MR) is 60.8 cm³/mol. The zero-order chi connectivity index (χ0) is 9.80. The molecule has 1 aromatic heterocycles. The van der Waals surface area contributed by atoms with Crippen molar-refractivity contribution in [2.24, 2.45) is 5.92 Å². The van der Waals surface area contributed by atoms with Gasteiger partial charge in [0, 0.05) is 30.8 Å². The summed E-state index contributed by atoms with van der Waals surface area (Å²) < 4.78 is 0. The molecule has 1 aliphatic heterocycles. The van der Waals surface area contributed by atoms with Crippen LogP contribution in [0.25, 0.3) is 0 Å². The van der Waals surface area contributed by atoms with Gasteiger partial charge in [0.2, 0.25) is 0 Å². The maximum atomic E-state index is 4.30. The molecule has 0 atom stereocenters. The van der Waals surface area contributed by atoms with Gasteiger partial charge in [-0.05, 0) is 18.8 Å². The topological polar surface area (TPSA) is 29.0 Å². The zero-order valence-corrected chi connectivity index (χ0v) is 9.65. The summed E-state index contributed by atoms with van der Waals surface area (Å²) in [7, 11) is 0. The van der Waals surface area contributed by atoms with Gasteiger partial charge in [-0.1, -0.05) is 15.9 Å². The minimum absolute atomic E-state index is 0.836. The maximum Gasteiger partial charge on any atom is 0.147 e. The highest BCUT2D eigenvalue weighted by Crippen LogP contribution is 2.21. The molecule has 1 aliphatic rings. The second-order valence-electron chi connectivity index (χ2n) is 3.65. The lowest BCUT2D eigenvalue weighted by Crippen LogP contribution is -2.34. The van der Waals surface area contributed by atoms with E-state index < -0.39 is 0 Å². The number of hydrogen-bond acceptors (Lipinski definition) is 3. The van der Waals surface area contributed by atoms with Gasteiger partial charge in [-0.2, -0.15) is 0 Å². The van der Waals surface area contributed by atoms with E-state index in [1.807, 2.05) is 6.20 Å². The van der Waals surface area contributed by atoms with E-state index in [1.165, 1.54) is 12.8 Å². The smallest absolute Gasteiger partial charge is 0.147 e. The summed E-state index contributed by atoms with van der Waals surface area (Å²) in [5.41, 5.74) is 0. The van der Waals surface area contributed by atoms with Gasteiger partial charge in [-0.3, -0.25) is 4.98 Å². The highest BCUT2D eigenvalue weighted by Gasteiger charge is 2.18. The fourth-order valence-corrected chi connectivity index (χ4v) is 2.42. The lowest BCUT2D eigenvalue weighted by Gasteiger charge is -2.31. The molecule has 0 saturated carbocycles. The molecule has 14 heavy (non-hydrogen) atoms. The van der Waals surface area contributed by atoms with Crippen LogP contribution in [0, 0.1) is 5.92 Å². The molecule has 1 fully saturated rings. The minimum atomic E-state index is 0.836. The van der Waals surface area contributed by atoms with Crippen molar-refractivity contribution in [3.8, 4) is 0 Å². The summed E-state index contributed by atoms with van der Waals surface area (Å²) in [6, 6.07) is 0. The van der Waals surface area contributed by atoms with Gasteiger partial charge < -0.3 is 4.90 Å². The number of rotatable bonds is 2. The van der Waals surface area contributed by atoms with Gasteiger partial charge in [0.25, 0.3) is 0 Å². The lowest BCUT2D eigenvalue weighted by atomic mass is 9.99. The van der Waals surface area contributed by atoms with E-state index in [0.717, 1.165) is 30.2 Å². The minimum Gasteiger partial charge on any atom is -0.355 e. The van der Waals surface area contributed by atoms with Crippen molar-refractivity contribution >= 4 is 21.7 Å². The molecule has 3 nitrogen and oxygen atoms in total. The van der Waals surface area contributed by atoms with Gasteiger partial charge in [-0.25, -0.2) is 4.98 Å². The van der Waals surface area contributed by atoms with Crippen LogP contribution in [0.2, 0.25) is 0 Å². The first-order valence-electron chi connectivity index (χ1n) is 4.97. The summed E-state index contributed by atoms with van der Waals surface area (Å²) in [5, 5.41) is 1.13. The molecule has 0 aromatic carbocycles. The Kier molecular flexibility index (Phi) is 3.35. The Bertz CT molecular complexity index is 270. The first-order chi connectivity index (χ1) is 6.90. The standard InChI is InChI=1S/C10H14BrN3/c11-7-9-1-5-14(6-2-9)10-8-12-3-4-13-10/h3-4,8-9H,1-2,5-7H2. The molecule has 0 spiro atoms. The van der Waals surface area contributed by atoms with Gasteiger partial charge in [0.15, 0.2) is 0 Å². The Morgan fingerprint density at radius 1 is 1.36 bits per heavy atom. The van der Waals surface area contributed by atoms with Crippen LogP contribution in [-0.2, 0) is 0 Å². The van der Waals surface area contributed by atoms with Crippen LogP contribution in [0.5, 0.6) is 0 Å². The van der Waals surface area contributed by atoms with Gasteiger partial charge in [0.1, 0.15) is 5.82 Å². The van der Waals surface area contributed by atoms with Crippen molar-refractivity contribution < 1.29 is 0 Å². The number of alkyl halides is 1. The van der Waals surface area contributed by atoms with Crippen LogP contribution in [0.15, 0.2) is 18.6 Å². The predicted octanol–water partition coefficient (Wildman–Crippen LogP) is 2.09. The summed E-state index contributed by atoms with van der Waals surface area (Å²) >= 11 is 3.54. The third-order valence-corrected chi connectivity index (χ3v) is 3.62. The van der Waals surface area contributed by atoms with E-state index in [9.17, 15) is 0 Å². The molecule has 1 aromatic rings. The quantitative estimate of drug-likeness (QED) is 0.759. The van der Waals surface area contributed by atoms with Crippen molar-refractivity contribution in [2.45, 2.75) is 12.8 Å². The summed E-state index contributed by atoms with van der Waals surface area (Å²) in [6.07, 6.45) is 7.82. The fourth-order valence-electron chi connectivity index (χ4n) is 1.77. The third kappa shape index (κ3) is 2.23. The summed E-state index contributed by atoms with van der Waals surface area (Å²) in [6.45, 7) is 2.21. The molecule has 0 radical (unpaired) electrons. The largest absolute Gasteiger partial charge is 0.355 e. The van der Waals surface area contributed by atoms with E-state index in [2.05, 4.69) is 30.8 Å². The Labute approximate surface area is 92.7 Å². The lowest BCUT2D eigenvalue weighted by molar-refractivity contribution is 0.445. The van der Waals surface area contributed by atoms with E-state index in [1.54, 1.807) is 12.4 Å². The second kappa shape index (κ2) is 4.73. The maximum absolute atomic E-state index is 4.30. The van der Waals surface area contributed by atoms with E-state index >= 15 is 0 Å². The Hall–Kier alpha value is -0.640. The van der Waals surface area contributed by atoms with Crippen LogP contribution >= 0.6 is 15.9 Å². The van der Waals surface area contributed by atoms with E-state index in [4.69, 9.17) is 0 Å². The first-order valence-corrected chi connectivity index (χ1v) is 6.09. The number of aromatic nitrogens is 2. The van der Waals surface area contributed by atoms with E-state index in [0.29, 0.717) is 0 Å². The SMILES string of the molecule is BrCC1CCN(c2cnccn2)CC1. The van der Waals surface area contributed by atoms with Gasteiger partial charge in [-0.15, -0.1) is 0 Å². The Balaban J connectivity index is 1.96. The number of anilines is 1. The zero-order valence-electron chi connectivity index (χ0n) is 8.06. The first kappa shape index (κ1) is 9.90. The third-order valence-electron chi connectivity index (χ3n) is 2.71. The number of piperidine rings is 1. The number of hydrogen-bond donors (Lipinski definition) is 0. The molecular formula is C10H14BrN3. The van der Waals surface area contributed by atoms with Crippen molar-refractivity contribution in [2.75, 3.05) is 23.3 Å². The molecule has 1 saturated heterocycles. The molecule has 0 unspecified atom stereocenters. The number of nitrogens with zero attached hydrogens (tertiary/aromatic N) is 3. The van der Waals surface area contributed by atoms with Crippen LogP contribution in [0.3, 0.4) is 0 Å². The summed E-state index contributed by atoms with van der Waals surface area (Å²) in [4.78, 5) is 10.7. The van der Waals surface area contributed by atoms with Crippen molar-refractivity contribution in [3.05, 3.63) is 18.6 Å². The molecule has 76 valence electrons. The monoisotopic (exact) mass is 255 g/mol. The molecule has 4 heteroatoms. The van der Waals surface area contributed by atoms with E-state index in [-0.39, 0.29) is 0 Å². The molecule has 2 heterocycles. The van der Waals surface area contributed by atoms with Gasteiger partial charge in [0.05, 0.1) is 6.20 Å². The normalized spacial score (nSPS) is 18.5. The van der Waals surface area contributed by atoms with Crippen molar-refractivity contribution in [3.63, 3.8) is 0 Å². The molecule has 0 aliphatic carbocycles. The average Bonchev–Trinajstić information content (AvgIpc) is 2.30. The highest BCUT2D eigenvalue weighted by atomic mass is 79.9. The molecule has 0 amide bonds.